The van der Waals surface area contributed by atoms with Crippen molar-refractivity contribution in [2.45, 2.75) is 32.4 Å². The molecule has 3 heterocycles. The summed E-state index contributed by atoms with van der Waals surface area (Å²) in [4.78, 5) is 11.2. The van der Waals surface area contributed by atoms with Gasteiger partial charge in [-0.25, -0.2) is 4.98 Å². The molecule has 2 atom stereocenters. The molecule has 190 valence electrons. The number of phenols is 1. The van der Waals surface area contributed by atoms with Gasteiger partial charge in [-0.1, -0.05) is 18.1 Å². The number of nitrogens with zero attached hydrogens (tertiary/aromatic N) is 7. The molecular weight excluding hydrogens is 464 g/mol. The smallest absolute Gasteiger partial charge is 0.169 e. The molecule has 1 aliphatic rings. The number of pyridine rings is 1. The molecule has 0 aliphatic carbocycles. The fraction of sp³-hybridized carbons (Fsp3) is 0.357. The predicted molar refractivity (Wildman–Crippen MR) is 146 cm³/mol. The van der Waals surface area contributed by atoms with E-state index in [1.807, 2.05) is 50.2 Å². The number of nitriles is 1. The Hall–Kier alpha value is -4.34. The molecule has 1 aromatic carbocycles. The molecule has 2 unspecified atom stereocenters. The molecule has 0 radical (unpaired) electrons. The molecule has 0 amide bonds. The number of nitrogens with two attached hydrogens (primary N) is 1. The molecule has 4 rings (SSSR count). The monoisotopic (exact) mass is 496 g/mol. The van der Waals surface area contributed by atoms with Gasteiger partial charge in [0.15, 0.2) is 5.82 Å². The Morgan fingerprint density at radius 3 is 2.65 bits per heavy atom. The molecule has 3 N–H and O–H groups in total. The van der Waals surface area contributed by atoms with Crippen molar-refractivity contribution in [3.63, 3.8) is 0 Å². The van der Waals surface area contributed by atoms with Gasteiger partial charge in [0.05, 0.1) is 23.0 Å². The second kappa shape index (κ2) is 11.2. The van der Waals surface area contributed by atoms with Crippen LogP contribution in [0.3, 0.4) is 0 Å². The molecule has 0 spiro atoms. The summed E-state index contributed by atoms with van der Waals surface area (Å²) in [5.74, 6) is 7.58. The quantitative estimate of drug-likeness (QED) is 0.525. The van der Waals surface area contributed by atoms with Gasteiger partial charge < -0.3 is 20.6 Å². The van der Waals surface area contributed by atoms with Gasteiger partial charge in [-0.05, 0) is 70.6 Å². The van der Waals surface area contributed by atoms with Gasteiger partial charge in [-0.15, -0.1) is 10.2 Å². The van der Waals surface area contributed by atoms with Gasteiger partial charge in [0.1, 0.15) is 23.3 Å². The zero-order valence-corrected chi connectivity index (χ0v) is 21.7. The maximum absolute atomic E-state index is 10.3. The van der Waals surface area contributed by atoms with E-state index in [1.54, 1.807) is 18.2 Å². The van der Waals surface area contributed by atoms with Gasteiger partial charge in [0, 0.05) is 31.2 Å². The molecule has 9 heteroatoms. The average Bonchev–Trinajstić information content (AvgIpc) is 3.09. The standard InChI is InChI=1S/C28H32N8O/c1-19(34(3)4)9-11-23-21(18-29)10-12-27(31-23)36-16-15-35(14-13-20(36)2)25-17-24(32-33-28(25)30)22-7-5-6-8-26(22)37/h5-8,10,12,17,19-20,37H,13-16H2,1-4H3,(H2,30,33). The summed E-state index contributed by atoms with van der Waals surface area (Å²) in [6.45, 7) is 6.36. The highest BCUT2D eigenvalue weighted by Crippen LogP contribution is 2.32. The summed E-state index contributed by atoms with van der Waals surface area (Å²) in [6.07, 6.45) is 0.869. The van der Waals surface area contributed by atoms with Gasteiger partial charge in [0.25, 0.3) is 0 Å². The van der Waals surface area contributed by atoms with E-state index in [-0.39, 0.29) is 17.8 Å². The normalized spacial score (nSPS) is 16.5. The highest BCUT2D eigenvalue weighted by atomic mass is 16.3. The average molecular weight is 497 g/mol. The Balaban J connectivity index is 1.59. The molecule has 1 fully saturated rings. The number of hydrogen-bond donors (Lipinski definition) is 2. The topological polar surface area (TPSA) is 118 Å². The van der Waals surface area contributed by atoms with Crippen LogP contribution in [-0.4, -0.2) is 71.0 Å². The fourth-order valence-electron chi connectivity index (χ4n) is 4.20. The number of benzene rings is 1. The highest BCUT2D eigenvalue weighted by Gasteiger charge is 2.25. The summed E-state index contributed by atoms with van der Waals surface area (Å²) in [5, 5.41) is 28.2. The molecule has 9 nitrogen and oxygen atoms in total. The minimum Gasteiger partial charge on any atom is -0.507 e. The minimum absolute atomic E-state index is 0.0461. The number of aromatic nitrogens is 3. The lowest BCUT2D eigenvalue weighted by molar-refractivity contribution is 0.373. The van der Waals surface area contributed by atoms with E-state index in [9.17, 15) is 10.4 Å². The van der Waals surface area contributed by atoms with E-state index < -0.39 is 0 Å². The number of nitrogen functional groups attached to an aromatic ring is 1. The lowest BCUT2D eigenvalue weighted by atomic mass is 10.1. The first-order valence-corrected chi connectivity index (χ1v) is 12.3. The van der Waals surface area contributed by atoms with Crippen molar-refractivity contribution in [1.29, 1.82) is 5.26 Å². The van der Waals surface area contributed by atoms with E-state index in [2.05, 4.69) is 44.8 Å². The number of rotatable bonds is 4. The summed E-state index contributed by atoms with van der Waals surface area (Å²) in [6, 6.07) is 15.1. The third kappa shape index (κ3) is 5.74. The molecular formula is C28H32N8O. The number of anilines is 3. The van der Waals surface area contributed by atoms with Crippen molar-refractivity contribution in [1.82, 2.24) is 20.1 Å². The molecule has 0 bridgehead atoms. The van der Waals surface area contributed by atoms with Crippen LogP contribution < -0.4 is 15.5 Å². The SMILES string of the molecule is CC(C#Cc1nc(N2CCN(c3cc(-c4ccccc4O)nnc3N)CCC2C)ccc1C#N)N(C)C. The zero-order valence-electron chi connectivity index (χ0n) is 21.7. The van der Waals surface area contributed by atoms with E-state index in [0.29, 0.717) is 41.4 Å². The van der Waals surface area contributed by atoms with Crippen LogP contribution in [0.4, 0.5) is 17.3 Å². The Morgan fingerprint density at radius 1 is 1.14 bits per heavy atom. The predicted octanol–water partition coefficient (Wildman–Crippen LogP) is 3.10. The molecule has 1 aliphatic heterocycles. The summed E-state index contributed by atoms with van der Waals surface area (Å²) >= 11 is 0. The number of aromatic hydroxyl groups is 1. The maximum Gasteiger partial charge on any atom is 0.169 e. The van der Waals surface area contributed by atoms with Crippen molar-refractivity contribution in [2.75, 3.05) is 49.3 Å². The van der Waals surface area contributed by atoms with E-state index in [1.165, 1.54) is 0 Å². The third-order valence-corrected chi connectivity index (χ3v) is 6.75. The lowest BCUT2D eigenvalue weighted by Gasteiger charge is -2.28. The molecule has 37 heavy (non-hydrogen) atoms. The van der Waals surface area contributed by atoms with E-state index in [0.717, 1.165) is 24.5 Å². The van der Waals surface area contributed by atoms with Gasteiger partial charge in [-0.3, -0.25) is 4.90 Å². The largest absolute Gasteiger partial charge is 0.507 e. The Kier molecular flexibility index (Phi) is 7.76. The highest BCUT2D eigenvalue weighted by molar-refractivity contribution is 5.74. The van der Waals surface area contributed by atoms with Crippen LogP contribution in [0, 0.1) is 23.2 Å². The summed E-state index contributed by atoms with van der Waals surface area (Å²) < 4.78 is 0. The number of hydrogen-bond acceptors (Lipinski definition) is 9. The maximum atomic E-state index is 10.3. The van der Waals surface area contributed by atoms with Crippen molar-refractivity contribution < 1.29 is 5.11 Å². The van der Waals surface area contributed by atoms with Crippen LogP contribution in [-0.2, 0) is 0 Å². The van der Waals surface area contributed by atoms with Crippen LogP contribution in [0.5, 0.6) is 5.75 Å². The van der Waals surface area contributed by atoms with Crippen LogP contribution in [0.25, 0.3) is 11.3 Å². The van der Waals surface area contributed by atoms with E-state index in [4.69, 9.17) is 10.7 Å². The Bertz CT molecular complexity index is 1370. The van der Waals surface area contributed by atoms with Crippen LogP contribution in [0.2, 0.25) is 0 Å². The number of para-hydroxylation sites is 1. The molecule has 0 saturated carbocycles. The lowest BCUT2D eigenvalue weighted by Crippen LogP contribution is -2.35. The zero-order chi connectivity index (χ0) is 26.5. The van der Waals surface area contributed by atoms with Crippen molar-refractivity contribution in [2.24, 2.45) is 0 Å². The van der Waals surface area contributed by atoms with Crippen LogP contribution in [0.1, 0.15) is 31.5 Å². The van der Waals surface area contributed by atoms with Crippen molar-refractivity contribution in [3.05, 3.63) is 53.7 Å². The molecule has 2 aromatic heterocycles. The summed E-state index contributed by atoms with van der Waals surface area (Å²) in [5.41, 5.74) is 9.19. The first kappa shape index (κ1) is 25.7. The third-order valence-electron chi connectivity index (χ3n) is 6.75. The fourth-order valence-corrected chi connectivity index (χ4v) is 4.20. The van der Waals surface area contributed by atoms with Crippen molar-refractivity contribution >= 4 is 17.3 Å². The van der Waals surface area contributed by atoms with Gasteiger partial charge >= 0.3 is 0 Å². The van der Waals surface area contributed by atoms with Crippen LogP contribution >= 0.6 is 0 Å². The molecule has 3 aromatic rings. The minimum atomic E-state index is 0.0461. The second-order valence-corrected chi connectivity index (χ2v) is 9.42. The van der Waals surface area contributed by atoms with Gasteiger partial charge in [-0.2, -0.15) is 5.26 Å². The van der Waals surface area contributed by atoms with Crippen molar-refractivity contribution in [3.8, 4) is 34.9 Å². The first-order chi connectivity index (χ1) is 17.8. The molecule has 1 saturated heterocycles. The Labute approximate surface area is 218 Å². The van der Waals surface area contributed by atoms with Crippen LogP contribution in [0.15, 0.2) is 42.5 Å². The summed E-state index contributed by atoms with van der Waals surface area (Å²) in [7, 11) is 3.94. The van der Waals surface area contributed by atoms with E-state index >= 15 is 0 Å². The van der Waals surface area contributed by atoms with Gasteiger partial charge in [0.2, 0.25) is 0 Å². The number of phenolic OH excluding ortho intramolecular Hbond substituents is 1. The Morgan fingerprint density at radius 2 is 1.92 bits per heavy atom. The second-order valence-electron chi connectivity index (χ2n) is 9.42. The first-order valence-electron chi connectivity index (χ1n) is 12.3.